The van der Waals surface area contributed by atoms with Gasteiger partial charge in [0.05, 0.1) is 12.1 Å². The minimum Gasteiger partial charge on any atom is -0.404 e. The molecule has 0 bridgehead atoms. The first-order chi connectivity index (χ1) is 14.8. The lowest BCUT2D eigenvalue weighted by Crippen LogP contribution is -2.30. The molecule has 2 aromatic carbocycles. The molecule has 1 heterocycles. The van der Waals surface area contributed by atoms with Crippen molar-refractivity contribution in [1.82, 2.24) is 10.3 Å². The molecule has 3 rings (SSSR count). The van der Waals surface area contributed by atoms with Crippen molar-refractivity contribution >= 4 is 19.6 Å². The molecule has 0 atom stereocenters. The lowest BCUT2D eigenvalue weighted by molar-refractivity contribution is -0.138. The molecular weight excluding hydrogens is 464 g/mol. The van der Waals surface area contributed by atoms with Crippen molar-refractivity contribution in [3.8, 4) is 5.75 Å². The van der Waals surface area contributed by atoms with E-state index in [1.165, 1.54) is 5.01 Å². The summed E-state index contributed by atoms with van der Waals surface area (Å²) in [5.74, 6) is -3.90. The molecule has 1 aliphatic rings. The summed E-state index contributed by atoms with van der Waals surface area (Å²) in [6.45, 7) is -0.258. The number of carbonyl (C=O) groups is 1. The predicted octanol–water partition coefficient (Wildman–Crippen LogP) is 3.40. The van der Waals surface area contributed by atoms with Crippen molar-refractivity contribution in [2.24, 2.45) is 5.10 Å². The van der Waals surface area contributed by atoms with Gasteiger partial charge in [0.25, 0.3) is 5.91 Å². The van der Waals surface area contributed by atoms with Crippen LogP contribution in [0.3, 0.4) is 0 Å². The van der Waals surface area contributed by atoms with E-state index < -0.39 is 48.4 Å². The molecule has 0 spiro atoms. The quantitative estimate of drug-likeness (QED) is 0.448. The second-order valence-electron chi connectivity index (χ2n) is 6.63. The van der Waals surface area contributed by atoms with Crippen LogP contribution in [-0.2, 0) is 17.3 Å². The molecule has 0 radical (unpaired) electrons. The molecule has 8 nitrogen and oxygen atoms in total. The Morgan fingerprint density at radius 2 is 1.84 bits per heavy atom. The maximum atomic E-state index is 13.7. The molecule has 0 aromatic heterocycles. The van der Waals surface area contributed by atoms with Gasteiger partial charge < -0.3 is 9.84 Å². The van der Waals surface area contributed by atoms with Crippen LogP contribution in [-0.4, -0.2) is 33.1 Å². The summed E-state index contributed by atoms with van der Waals surface area (Å²) in [5, 5.41) is 7.39. The first-order valence-electron chi connectivity index (χ1n) is 8.86. The number of hydrogen-bond acceptors (Lipinski definition) is 5. The number of carbonyl (C=O) groups excluding carboxylic acids is 1. The standard InChI is InChI=1S/C18H15F5N3O5P/c19-13-2-1-3-14(20)16(13)17(27)24-15-6-7-26(25-15)9-10-4-5-11(31-32(28,29)30)8-12(10)18(21,22)23/h1-5,8H,6-7,9H2,(H,24,25,27)(H2,28,29,30). The van der Waals surface area contributed by atoms with Gasteiger partial charge in [-0.2, -0.15) is 18.3 Å². The van der Waals surface area contributed by atoms with Crippen LogP contribution in [0.15, 0.2) is 41.5 Å². The molecule has 172 valence electrons. The van der Waals surface area contributed by atoms with Gasteiger partial charge in [-0.15, -0.1) is 0 Å². The number of halogens is 5. The van der Waals surface area contributed by atoms with Gasteiger partial charge in [-0.3, -0.25) is 19.6 Å². The fourth-order valence-corrected chi connectivity index (χ4v) is 3.35. The highest BCUT2D eigenvalue weighted by molar-refractivity contribution is 7.46. The van der Waals surface area contributed by atoms with Crippen LogP contribution in [0, 0.1) is 11.6 Å². The lowest BCUT2D eigenvalue weighted by atomic mass is 10.1. The molecule has 0 saturated carbocycles. The number of alkyl halides is 3. The minimum atomic E-state index is -5.05. The second-order valence-corrected chi connectivity index (χ2v) is 7.80. The van der Waals surface area contributed by atoms with Gasteiger partial charge in [-0.1, -0.05) is 12.1 Å². The van der Waals surface area contributed by atoms with Crippen LogP contribution in [0.5, 0.6) is 5.75 Å². The Morgan fingerprint density at radius 3 is 2.44 bits per heavy atom. The van der Waals surface area contributed by atoms with Crippen LogP contribution in [0.4, 0.5) is 22.0 Å². The van der Waals surface area contributed by atoms with Gasteiger partial charge in [0, 0.05) is 13.0 Å². The zero-order valence-corrected chi connectivity index (χ0v) is 16.8. The first kappa shape index (κ1) is 23.6. The van der Waals surface area contributed by atoms with E-state index >= 15 is 0 Å². The van der Waals surface area contributed by atoms with Gasteiger partial charge >= 0.3 is 14.0 Å². The number of hydrazone groups is 1. The van der Waals surface area contributed by atoms with Gasteiger partial charge in [0.15, 0.2) is 0 Å². The van der Waals surface area contributed by atoms with Crippen molar-refractivity contribution in [3.63, 3.8) is 0 Å². The summed E-state index contributed by atoms with van der Waals surface area (Å²) in [6.07, 6.45) is -4.75. The Hall–Kier alpha value is -3.02. The smallest absolute Gasteiger partial charge is 0.404 e. The first-order valence-corrected chi connectivity index (χ1v) is 10.4. The molecule has 0 saturated heterocycles. The van der Waals surface area contributed by atoms with Gasteiger partial charge in [0.1, 0.15) is 28.8 Å². The molecule has 2 aromatic rings. The van der Waals surface area contributed by atoms with Crippen molar-refractivity contribution in [3.05, 3.63) is 64.7 Å². The Labute approximate surface area is 177 Å². The molecule has 14 heteroatoms. The second kappa shape index (κ2) is 8.85. The third-order valence-electron chi connectivity index (χ3n) is 4.28. The highest BCUT2D eigenvalue weighted by Crippen LogP contribution is 2.41. The van der Waals surface area contributed by atoms with Crippen LogP contribution in [0.1, 0.15) is 27.9 Å². The van der Waals surface area contributed by atoms with Crippen LogP contribution >= 0.6 is 7.82 Å². The van der Waals surface area contributed by atoms with E-state index in [4.69, 9.17) is 9.79 Å². The average molecular weight is 479 g/mol. The molecule has 1 aliphatic heterocycles. The minimum absolute atomic E-state index is 0.00710. The summed E-state index contributed by atoms with van der Waals surface area (Å²) in [4.78, 5) is 29.7. The molecule has 32 heavy (non-hydrogen) atoms. The number of nitrogens with zero attached hydrogens (tertiary/aromatic N) is 2. The van der Waals surface area contributed by atoms with E-state index in [1.54, 1.807) is 0 Å². The number of rotatable bonds is 5. The Balaban J connectivity index is 1.77. The van der Waals surface area contributed by atoms with Crippen molar-refractivity contribution < 1.29 is 45.6 Å². The van der Waals surface area contributed by atoms with Gasteiger partial charge in [-0.25, -0.2) is 13.3 Å². The van der Waals surface area contributed by atoms with E-state index in [0.29, 0.717) is 6.07 Å². The molecule has 3 N–H and O–H groups in total. The number of benzene rings is 2. The van der Waals surface area contributed by atoms with E-state index in [-0.39, 0.29) is 30.9 Å². The summed E-state index contributed by atoms with van der Waals surface area (Å²) in [5.41, 5.74) is -2.27. The monoisotopic (exact) mass is 479 g/mol. The summed E-state index contributed by atoms with van der Waals surface area (Å²) in [7, 11) is -5.05. The SMILES string of the molecule is O=C(NC1=NN(Cc2ccc(OP(=O)(O)O)cc2C(F)(F)F)CC1)c1c(F)cccc1F. The summed E-state index contributed by atoms with van der Waals surface area (Å²) < 4.78 is 82.8. The molecule has 0 fully saturated rings. The number of amides is 1. The topological polar surface area (TPSA) is 111 Å². The van der Waals surface area contributed by atoms with Gasteiger partial charge in [0.2, 0.25) is 0 Å². The van der Waals surface area contributed by atoms with Crippen molar-refractivity contribution in [1.29, 1.82) is 0 Å². The maximum Gasteiger partial charge on any atom is 0.524 e. The van der Waals surface area contributed by atoms with E-state index in [1.807, 2.05) is 0 Å². The highest BCUT2D eigenvalue weighted by atomic mass is 31.2. The Kier molecular flexibility index (Phi) is 6.54. The average Bonchev–Trinajstić information content (AvgIpc) is 3.07. The van der Waals surface area contributed by atoms with Crippen LogP contribution in [0.2, 0.25) is 0 Å². The zero-order valence-electron chi connectivity index (χ0n) is 15.9. The normalized spacial score (nSPS) is 14.3. The molecule has 1 amide bonds. The molecule has 0 aliphatic carbocycles. The lowest BCUT2D eigenvalue weighted by Gasteiger charge is -2.19. The number of amidine groups is 1. The maximum absolute atomic E-state index is 13.7. The van der Waals surface area contributed by atoms with Crippen LogP contribution < -0.4 is 9.84 Å². The Bertz CT molecular complexity index is 1100. The number of hydrogen-bond donors (Lipinski definition) is 3. The third kappa shape index (κ3) is 5.81. The summed E-state index contributed by atoms with van der Waals surface area (Å²) >= 11 is 0. The summed E-state index contributed by atoms with van der Waals surface area (Å²) in [6, 6.07) is 5.29. The van der Waals surface area contributed by atoms with Crippen molar-refractivity contribution in [2.75, 3.05) is 6.54 Å². The largest absolute Gasteiger partial charge is 0.524 e. The molecular formula is C18H15F5N3O5P. The van der Waals surface area contributed by atoms with E-state index in [0.717, 1.165) is 30.3 Å². The Morgan fingerprint density at radius 1 is 1.19 bits per heavy atom. The zero-order chi connectivity index (χ0) is 23.7. The fourth-order valence-electron chi connectivity index (χ4n) is 2.96. The van der Waals surface area contributed by atoms with E-state index in [9.17, 15) is 31.3 Å². The van der Waals surface area contributed by atoms with Crippen LogP contribution in [0.25, 0.3) is 0 Å². The van der Waals surface area contributed by atoms with E-state index in [2.05, 4.69) is 14.9 Å². The number of phosphoric ester groups is 1. The number of phosphoric acid groups is 1. The molecule has 0 unspecified atom stereocenters. The van der Waals surface area contributed by atoms with Gasteiger partial charge in [-0.05, 0) is 29.8 Å². The van der Waals surface area contributed by atoms with Crippen molar-refractivity contribution in [2.45, 2.75) is 19.1 Å². The third-order valence-corrected chi connectivity index (χ3v) is 4.73. The fraction of sp³-hybridized carbons (Fsp3) is 0.222. The highest BCUT2D eigenvalue weighted by Gasteiger charge is 2.35. The number of nitrogens with one attached hydrogen (secondary N) is 1. The predicted molar refractivity (Wildman–Crippen MR) is 100 cm³/mol.